The van der Waals surface area contributed by atoms with Gasteiger partial charge in [0.05, 0.1) is 10.7 Å². The Morgan fingerprint density at radius 2 is 2.00 bits per heavy atom. The summed E-state index contributed by atoms with van der Waals surface area (Å²) >= 11 is 10.1. The van der Waals surface area contributed by atoms with Crippen LogP contribution in [0.1, 0.15) is 49.8 Å². The minimum absolute atomic E-state index is 0.137. The van der Waals surface area contributed by atoms with Crippen LogP contribution in [-0.4, -0.2) is 18.8 Å². The number of halogens is 2. The first-order chi connectivity index (χ1) is 11.7. The number of aryl methyl sites for hydroxylation is 1. The molecule has 1 aliphatic rings. The number of nitrogens with zero attached hydrogens (tertiary/aromatic N) is 2. The van der Waals surface area contributed by atoms with E-state index in [0.29, 0.717) is 5.92 Å². The molecule has 132 valence electrons. The molecular weight excluding hydrogens is 396 g/mol. The fourth-order valence-corrected chi connectivity index (χ4v) is 4.36. The van der Waals surface area contributed by atoms with E-state index in [4.69, 9.17) is 11.6 Å². The summed E-state index contributed by atoms with van der Waals surface area (Å²) in [4.78, 5) is 6.97. The van der Waals surface area contributed by atoms with Crippen LogP contribution in [0.4, 0.5) is 11.4 Å². The van der Waals surface area contributed by atoms with Crippen molar-refractivity contribution >= 4 is 45.1 Å². The summed E-state index contributed by atoms with van der Waals surface area (Å²) in [6.45, 7) is 8.92. The Labute approximate surface area is 164 Å². The molecule has 1 aliphatic heterocycles. The summed E-state index contributed by atoms with van der Waals surface area (Å²) in [6.07, 6.45) is 2.99. The summed E-state index contributed by atoms with van der Waals surface area (Å²) in [5, 5.41) is 0.738. The first kappa shape index (κ1) is 18.5. The second-order valence-corrected chi connectivity index (χ2v) is 8.88. The van der Waals surface area contributed by atoms with Crippen molar-refractivity contribution in [3.05, 3.63) is 56.5 Å². The zero-order chi connectivity index (χ0) is 18.4. The van der Waals surface area contributed by atoms with Gasteiger partial charge < -0.3 is 4.90 Å². The zero-order valence-electron chi connectivity index (χ0n) is 15.4. The van der Waals surface area contributed by atoms with E-state index in [-0.39, 0.29) is 5.54 Å². The number of hydrogen-bond acceptors (Lipinski definition) is 2. The van der Waals surface area contributed by atoms with Crippen molar-refractivity contribution in [2.24, 2.45) is 4.99 Å². The van der Waals surface area contributed by atoms with Crippen molar-refractivity contribution in [1.82, 2.24) is 0 Å². The lowest BCUT2D eigenvalue weighted by Crippen LogP contribution is -2.45. The third-order valence-corrected chi connectivity index (χ3v) is 6.16. The molecule has 0 amide bonds. The van der Waals surface area contributed by atoms with Gasteiger partial charge in [0, 0.05) is 34.5 Å². The van der Waals surface area contributed by atoms with Crippen molar-refractivity contribution in [3.63, 3.8) is 0 Å². The molecule has 0 saturated carbocycles. The van der Waals surface area contributed by atoms with Gasteiger partial charge in [0.2, 0.25) is 0 Å². The van der Waals surface area contributed by atoms with E-state index in [1.165, 1.54) is 16.8 Å². The Kier molecular flexibility index (Phi) is 5.00. The highest BCUT2D eigenvalue weighted by molar-refractivity contribution is 9.10. The SMILES string of the molecule is Cc1ccc(N=Cc2cc3c(cc2Cl)N(C)C(C)(C)CC3C)c(Br)c1. The van der Waals surface area contributed by atoms with E-state index < -0.39 is 0 Å². The van der Waals surface area contributed by atoms with Gasteiger partial charge in [-0.05, 0) is 84.4 Å². The monoisotopic (exact) mass is 418 g/mol. The molecule has 0 N–H and O–H groups in total. The Morgan fingerprint density at radius 3 is 2.68 bits per heavy atom. The van der Waals surface area contributed by atoms with Crippen LogP contribution in [0.25, 0.3) is 0 Å². The zero-order valence-corrected chi connectivity index (χ0v) is 17.7. The molecule has 2 aromatic rings. The number of rotatable bonds is 2. The minimum atomic E-state index is 0.137. The van der Waals surface area contributed by atoms with Gasteiger partial charge in [-0.25, -0.2) is 0 Å². The third kappa shape index (κ3) is 3.63. The van der Waals surface area contributed by atoms with Gasteiger partial charge in [0.1, 0.15) is 0 Å². The largest absolute Gasteiger partial charge is 0.369 e. The molecule has 4 heteroatoms. The number of benzene rings is 2. The quantitative estimate of drug-likeness (QED) is 0.484. The maximum atomic E-state index is 6.57. The lowest BCUT2D eigenvalue weighted by atomic mass is 9.80. The van der Waals surface area contributed by atoms with Gasteiger partial charge >= 0.3 is 0 Å². The molecule has 0 aliphatic carbocycles. The molecule has 1 heterocycles. The second kappa shape index (κ2) is 6.77. The fraction of sp³-hybridized carbons (Fsp3) is 0.381. The standard InChI is InChI=1S/C21H24BrClN2/c1-13-6-7-19(17(22)8-13)24-12-15-9-16-14(2)11-21(3,4)25(5)20(16)10-18(15)23/h6-10,12,14H,11H2,1-5H3. The Balaban J connectivity index is 1.99. The van der Waals surface area contributed by atoms with E-state index in [0.717, 1.165) is 27.2 Å². The smallest absolute Gasteiger partial charge is 0.0772 e. The minimum Gasteiger partial charge on any atom is -0.369 e. The van der Waals surface area contributed by atoms with Crippen molar-refractivity contribution < 1.29 is 0 Å². The molecule has 0 aromatic heterocycles. The van der Waals surface area contributed by atoms with Crippen LogP contribution in [0.2, 0.25) is 5.02 Å². The van der Waals surface area contributed by atoms with Gasteiger partial charge in [-0.2, -0.15) is 0 Å². The van der Waals surface area contributed by atoms with Crippen LogP contribution in [0.3, 0.4) is 0 Å². The number of fused-ring (bicyclic) bond motifs is 1. The van der Waals surface area contributed by atoms with E-state index in [1.807, 2.05) is 12.3 Å². The Morgan fingerprint density at radius 1 is 1.28 bits per heavy atom. The number of aliphatic imine (C=N–C) groups is 1. The van der Waals surface area contributed by atoms with Gasteiger partial charge in [0.15, 0.2) is 0 Å². The van der Waals surface area contributed by atoms with Crippen molar-refractivity contribution in [3.8, 4) is 0 Å². The average molecular weight is 420 g/mol. The molecule has 25 heavy (non-hydrogen) atoms. The fourth-order valence-electron chi connectivity index (χ4n) is 3.56. The lowest BCUT2D eigenvalue weighted by Gasteiger charge is -2.45. The van der Waals surface area contributed by atoms with Crippen LogP contribution in [-0.2, 0) is 0 Å². The van der Waals surface area contributed by atoms with Gasteiger partial charge in [0.25, 0.3) is 0 Å². The first-order valence-corrected chi connectivity index (χ1v) is 9.73. The van der Waals surface area contributed by atoms with Crippen molar-refractivity contribution in [2.45, 2.75) is 45.6 Å². The third-order valence-electron chi connectivity index (χ3n) is 5.20. The van der Waals surface area contributed by atoms with Crippen molar-refractivity contribution in [1.29, 1.82) is 0 Å². The molecular formula is C21H24BrClN2. The van der Waals surface area contributed by atoms with Gasteiger partial charge in [-0.3, -0.25) is 4.99 Å². The first-order valence-electron chi connectivity index (χ1n) is 8.56. The van der Waals surface area contributed by atoms with Crippen LogP contribution >= 0.6 is 27.5 Å². The molecule has 0 saturated heterocycles. The molecule has 1 atom stereocenters. The molecule has 0 bridgehead atoms. The topological polar surface area (TPSA) is 15.6 Å². The molecule has 1 unspecified atom stereocenters. The van der Waals surface area contributed by atoms with Crippen molar-refractivity contribution in [2.75, 3.05) is 11.9 Å². The predicted octanol–water partition coefficient (Wildman–Crippen LogP) is 6.88. The highest BCUT2D eigenvalue weighted by Gasteiger charge is 2.34. The molecule has 0 spiro atoms. The maximum absolute atomic E-state index is 6.57. The highest BCUT2D eigenvalue weighted by Crippen LogP contribution is 2.44. The Hall–Kier alpha value is -1.32. The Bertz CT molecular complexity index is 842. The molecule has 2 aromatic carbocycles. The maximum Gasteiger partial charge on any atom is 0.0772 e. The van der Waals surface area contributed by atoms with Crippen LogP contribution in [0.5, 0.6) is 0 Å². The molecule has 0 fully saturated rings. The summed E-state index contributed by atoms with van der Waals surface area (Å²) in [5.74, 6) is 0.497. The van der Waals surface area contributed by atoms with Crippen LogP contribution in [0.15, 0.2) is 39.8 Å². The van der Waals surface area contributed by atoms with E-state index >= 15 is 0 Å². The molecule has 3 rings (SSSR count). The second-order valence-electron chi connectivity index (χ2n) is 7.62. The summed E-state index contributed by atoms with van der Waals surface area (Å²) in [5.41, 5.74) is 5.78. The van der Waals surface area contributed by atoms with E-state index in [9.17, 15) is 0 Å². The summed E-state index contributed by atoms with van der Waals surface area (Å²) in [7, 11) is 2.15. The summed E-state index contributed by atoms with van der Waals surface area (Å²) < 4.78 is 0.993. The molecule has 0 radical (unpaired) electrons. The number of anilines is 1. The summed E-state index contributed by atoms with van der Waals surface area (Å²) in [6, 6.07) is 10.4. The highest BCUT2D eigenvalue weighted by atomic mass is 79.9. The number of hydrogen-bond donors (Lipinski definition) is 0. The van der Waals surface area contributed by atoms with Crippen LogP contribution in [0, 0.1) is 6.92 Å². The van der Waals surface area contributed by atoms with Gasteiger partial charge in [-0.15, -0.1) is 0 Å². The van der Waals surface area contributed by atoms with Crippen LogP contribution < -0.4 is 4.90 Å². The van der Waals surface area contributed by atoms with E-state index in [1.54, 1.807) is 0 Å². The normalized spacial score (nSPS) is 19.3. The lowest BCUT2D eigenvalue weighted by molar-refractivity contribution is 0.395. The van der Waals surface area contributed by atoms with Gasteiger partial charge in [-0.1, -0.05) is 24.6 Å². The average Bonchev–Trinajstić information content (AvgIpc) is 2.52. The predicted molar refractivity (Wildman–Crippen MR) is 113 cm³/mol. The molecule has 2 nitrogen and oxygen atoms in total. The van der Waals surface area contributed by atoms with E-state index in [2.05, 4.69) is 84.8 Å².